The van der Waals surface area contributed by atoms with Crippen LogP contribution in [0.5, 0.6) is 17.2 Å². The molecule has 2 aromatic carbocycles. The van der Waals surface area contributed by atoms with Crippen LogP contribution < -0.4 is 61.2 Å². The van der Waals surface area contributed by atoms with Crippen LogP contribution in [0.4, 0.5) is 0 Å². The Bertz CT molecular complexity index is 850. The summed E-state index contributed by atoms with van der Waals surface area (Å²) in [4.78, 5) is -0.0701. The zero-order chi connectivity index (χ0) is 21.1. The van der Waals surface area contributed by atoms with E-state index in [-0.39, 0.29) is 62.0 Å². The van der Waals surface area contributed by atoms with Crippen LogP contribution in [0.1, 0.15) is 70.3 Å². The maximum Gasteiger partial charge on any atom is 1.00 e. The van der Waals surface area contributed by atoms with Gasteiger partial charge in [0.05, 0.1) is 4.90 Å². The zero-order valence-electron chi connectivity index (χ0n) is 18.1. The Kier molecular flexibility index (Phi) is 13.5. The molecule has 0 atom stereocenters. The van der Waals surface area contributed by atoms with E-state index >= 15 is 0 Å². The maximum absolute atomic E-state index is 11.7. The number of unbranched alkanes of at least 4 members (excludes halogenated alkanes) is 8. The second-order valence-corrected chi connectivity index (χ2v) is 8.79. The van der Waals surface area contributed by atoms with E-state index in [1.807, 2.05) is 0 Å². The quantitative estimate of drug-likeness (QED) is 0.283. The largest absolute Gasteiger partial charge is 1.00 e. The Labute approximate surface area is 223 Å². The van der Waals surface area contributed by atoms with Crippen molar-refractivity contribution in [2.45, 2.75) is 76.0 Å². The number of ether oxygens (including phenoxy) is 1. The molecule has 0 aliphatic carbocycles. The van der Waals surface area contributed by atoms with Crippen LogP contribution in [0, 0.1) is 0 Å². The number of rotatable bonds is 13. The third-order valence-electron chi connectivity index (χ3n) is 4.92. The molecule has 0 saturated heterocycles. The molecule has 0 bridgehead atoms. The second-order valence-electron chi connectivity index (χ2n) is 7.40. The van der Waals surface area contributed by atoms with E-state index in [2.05, 4.69) is 6.92 Å². The van der Waals surface area contributed by atoms with Crippen LogP contribution in [0.25, 0.3) is 0 Å². The van der Waals surface area contributed by atoms with E-state index in [0.29, 0.717) is 23.5 Å². The molecule has 160 valence electrons. The van der Waals surface area contributed by atoms with Gasteiger partial charge in [-0.15, -0.1) is 5.75 Å². The summed E-state index contributed by atoms with van der Waals surface area (Å²) in [6, 6.07) is 10.5. The molecular formula is C23H31KO5S. The molecule has 30 heavy (non-hydrogen) atoms. The first kappa shape index (κ1) is 27.6. The van der Waals surface area contributed by atoms with Crippen LogP contribution in [0.3, 0.4) is 0 Å². The predicted octanol–water partition coefficient (Wildman–Crippen LogP) is 2.88. The Morgan fingerprint density at radius 1 is 0.833 bits per heavy atom. The summed E-state index contributed by atoms with van der Waals surface area (Å²) in [5.41, 5.74) is 0.549. The van der Waals surface area contributed by atoms with Crippen LogP contribution in [-0.4, -0.2) is 13.0 Å². The summed E-state index contributed by atoms with van der Waals surface area (Å²) >= 11 is 0. The van der Waals surface area contributed by atoms with Gasteiger partial charge < -0.3 is 9.84 Å². The minimum absolute atomic E-state index is 0. The van der Waals surface area contributed by atoms with E-state index in [0.717, 1.165) is 19.3 Å². The maximum atomic E-state index is 11.7. The van der Waals surface area contributed by atoms with Gasteiger partial charge in [-0.05, 0) is 48.7 Å². The molecule has 2 rings (SSSR count). The zero-order valence-corrected chi connectivity index (χ0v) is 22.0. The van der Waals surface area contributed by atoms with Crippen molar-refractivity contribution in [1.82, 2.24) is 0 Å². The standard InChI is InChI=1S/C23H32O5S.K/c1-2-3-4-5-6-7-8-9-10-11-19-18-22(16-17-23(19)29(25,26)27)28-21-14-12-20(24)13-15-21;/h12-18,24H,2-11H2,1H3,(H,25,26,27);/q;+1/p-1. The van der Waals surface area contributed by atoms with Crippen molar-refractivity contribution in [3.05, 3.63) is 48.0 Å². The average molecular weight is 459 g/mol. The molecule has 0 aromatic heterocycles. The molecule has 5 nitrogen and oxygen atoms in total. The Morgan fingerprint density at radius 2 is 1.37 bits per heavy atom. The van der Waals surface area contributed by atoms with Crippen molar-refractivity contribution in [1.29, 1.82) is 0 Å². The number of benzene rings is 2. The normalized spacial score (nSPS) is 11.1. The molecule has 0 radical (unpaired) electrons. The minimum Gasteiger partial charge on any atom is -0.872 e. The van der Waals surface area contributed by atoms with Gasteiger partial charge in [0.15, 0.2) is 0 Å². The summed E-state index contributed by atoms with van der Waals surface area (Å²) in [7, 11) is -4.29. The molecule has 0 spiro atoms. The first-order valence-corrected chi connectivity index (χ1v) is 11.9. The van der Waals surface area contributed by atoms with Gasteiger partial charge in [-0.25, -0.2) is 0 Å². The third-order valence-corrected chi connectivity index (χ3v) is 5.87. The Balaban J connectivity index is 0.00000450. The fraction of sp³-hybridized carbons (Fsp3) is 0.478. The second kappa shape index (κ2) is 14.6. The van der Waals surface area contributed by atoms with Gasteiger partial charge in [0, 0.05) is 0 Å². The van der Waals surface area contributed by atoms with Gasteiger partial charge in [0.1, 0.15) is 11.5 Å². The van der Waals surface area contributed by atoms with Gasteiger partial charge in [0.25, 0.3) is 10.1 Å². The number of hydrogen-bond acceptors (Lipinski definition) is 4. The average Bonchev–Trinajstić information content (AvgIpc) is 2.68. The van der Waals surface area contributed by atoms with E-state index in [4.69, 9.17) is 4.74 Å². The van der Waals surface area contributed by atoms with Crippen molar-refractivity contribution in [3.63, 3.8) is 0 Å². The van der Waals surface area contributed by atoms with E-state index in [1.54, 1.807) is 18.2 Å². The van der Waals surface area contributed by atoms with Crippen molar-refractivity contribution in [3.8, 4) is 17.2 Å². The van der Waals surface area contributed by atoms with Crippen molar-refractivity contribution in [2.75, 3.05) is 0 Å². The summed E-state index contributed by atoms with van der Waals surface area (Å²) in [5, 5.41) is 11.2. The first-order chi connectivity index (χ1) is 13.9. The summed E-state index contributed by atoms with van der Waals surface area (Å²) in [5.74, 6) is 0.866. The Morgan fingerprint density at radius 3 is 1.93 bits per heavy atom. The van der Waals surface area contributed by atoms with Gasteiger partial charge in [-0.1, -0.05) is 70.4 Å². The monoisotopic (exact) mass is 458 g/mol. The first-order valence-electron chi connectivity index (χ1n) is 10.5. The van der Waals surface area contributed by atoms with Crippen molar-refractivity contribution < 1.29 is 74.2 Å². The van der Waals surface area contributed by atoms with E-state index in [9.17, 15) is 18.1 Å². The summed E-state index contributed by atoms with van der Waals surface area (Å²) < 4.78 is 38.6. The molecule has 0 fully saturated rings. The predicted molar refractivity (Wildman–Crippen MR) is 113 cm³/mol. The minimum atomic E-state index is -4.29. The molecule has 0 unspecified atom stereocenters. The molecule has 0 aliphatic heterocycles. The van der Waals surface area contributed by atoms with Crippen LogP contribution in [0.2, 0.25) is 0 Å². The molecular weight excluding hydrogens is 427 g/mol. The van der Waals surface area contributed by atoms with Crippen molar-refractivity contribution >= 4 is 10.1 Å². The molecule has 1 N–H and O–H groups in total. The SMILES string of the molecule is CCCCCCCCCCCc1cc(Oc2ccc([O-])cc2)ccc1S(=O)(=O)O.[K+]. The van der Waals surface area contributed by atoms with E-state index in [1.165, 1.54) is 62.8 Å². The van der Waals surface area contributed by atoms with Gasteiger partial charge >= 0.3 is 51.4 Å². The molecule has 0 amide bonds. The number of aryl methyl sites for hydroxylation is 1. The smallest absolute Gasteiger partial charge is 0.872 e. The molecule has 0 heterocycles. The summed E-state index contributed by atoms with van der Waals surface area (Å²) in [6.45, 7) is 2.21. The fourth-order valence-corrected chi connectivity index (χ4v) is 4.07. The third kappa shape index (κ3) is 10.3. The topological polar surface area (TPSA) is 86.7 Å². The van der Waals surface area contributed by atoms with E-state index < -0.39 is 10.1 Å². The molecule has 2 aromatic rings. The molecule has 0 aliphatic rings. The summed E-state index contributed by atoms with van der Waals surface area (Å²) in [6.07, 6.45) is 11.2. The van der Waals surface area contributed by atoms with Gasteiger partial charge in [-0.2, -0.15) is 8.42 Å². The van der Waals surface area contributed by atoms with Crippen LogP contribution in [0.15, 0.2) is 47.4 Å². The number of hydrogen-bond donors (Lipinski definition) is 1. The van der Waals surface area contributed by atoms with Gasteiger partial charge in [0.2, 0.25) is 0 Å². The molecule has 0 saturated carbocycles. The van der Waals surface area contributed by atoms with Crippen molar-refractivity contribution in [2.24, 2.45) is 0 Å². The van der Waals surface area contributed by atoms with Crippen LogP contribution >= 0.6 is 0 Å². The molecule has 7 heteroatoms. The van der Waals surface area contributed by atoms with Crippen LogP contribution in [-0.2, 0) is 16.5 Å². The fourth-order valence-electron chi connectivity index (χ4n) is 3.34. The Hall–Kier alpha value is -0.414. The van der Waals surface area contributed by atoms with Gasteiger partial charge in [-0.3, -0.25) is 4.55 Å².